The van der Waals surface area contributed by atoms with E-state index in [0.717, 1.165) is 37.1 Å². The van der Waals surface area contributed by atoms with Gasteiger partial charge in [-0.3, -0.25) is 9.59 Å². The summed E-state index contributed by atoms with van der Waals surface area (Å²) in [4.78, 5) is 27.1. The molecule has 2 aromatic rings. The van der Waals surface area contributed by atoms with Crippen LogP contribution in [-0.4, -0.2) is 36.9 Å². The van der Waals surface area contributed by atoms with Gasteiger partial charge in [0.1, 0.15) is 5.75 Å². The summed E-state index contributed by atoms with van der Waals surface area (Å²) >= 11 is 0. The predicted octanol–water partition coefficient (Wildman–Crippen LogP) is 3.56. The molecule has 0 atom stereocenters. The van der Waals surface area contributed by atoms with E-state index < -0.39 is 0 Å². The molecule has 1 saturated heterocycles. The molecule has 27 heavy (non-hydrogen) atoms. The van der Waals surface area contributed by atoms with Gasteiger partial charge in [-0.1, -0.05) is 23.8 Å². The molecule has 0 radical (unpaired) electrons. The van der Waals surface area contributed by atoms with Crippen LogP contribution in [0.5, 0.6) is 5.75 Å². The van der Waals surface area contributed by atoms with Gasteiger partial charge in [-0.25, -0.2) is 0 Å². The summed E-state index contributed by atoms with van der Waals surface area (Å²) in [6.07, 6.45) is 3.33. The van der Waals surface area contributed by atoms with Crippen molar-refractivity contribution in [2.75, 3.05) is 20.2 Å². The van der Waals surface area contributed by atoms with Crippen molar-refractivity contribution < 1.29 is 14.3 Å². The molecule has 0 saturated carbocycles. The van der Waals surface area contributed by atoms with Crippen molar-refractivity contribution in [1.82, 2.24) is 10.2 Å². The molecule has 1 heterocycles. The Morgan fingerprint density at radius 1 is 1.07 bits per heavy atom. The van der Waals surface area contributed by atoms with Crippen LogP contribution in [0.25, 0.3) is 0 Å². The van der Waals surface area contributed by atoms with E-state index in [2.05, 4.69) is 5.32 Å². The van der Waals surface area contributed by atoms with Gasteiger partial charge in [-0.15, -0.1) is 0 Å². The Labute approximate surface area is 160 Å². The molecule has 0 spiro atoms. The number of piperidine rings is 1. The van der Waals surface area contributed by atoms with Gasteiger partial charge in [-0.2, -0.15) is 0 Å². The number of nitrogens with zero attached hydrogens (tertiary/aromatic N) is 1. The Kier molecular flexibility index (Phi) is 6.12. The molecule has 5 nitrogen and oxygen atoms in total. The van der Waals surface area contributed by atoms with E-state index in [1.807, 2.05) is 48.2 Å². The Morgan fingerprint density at radius 3 is 2.59 bits per heavy atom. The number of hydrogen-bond donors (Lipinski definition) is 1. The Balaban J connectivity index is 1.67. The summed E-state index contributed by atoms with van der Waals surface area (Å²) in [6.45, 7) is 3.95. The van der Waals surface area contributed by atoms with E-state index in [0.29, 0.717) is 23.4 Å². The van der Waals surface area contributed by atoms with E-state index in [1.54, 1.807) is 13.2 Å². The van der Waals surface area contributed by atoms with Crippen LogP contribution >= 0.6 is 0 Å². The van der Waals surface area contributed by atoms with Gasteiger partial charge < -0.3 is 15.0 Å². The molecular weight excluding hydrogens is 340 g/mol. The lowest BCUT2D eigenvalue weighted by Gasteiger charge is -2.26. The van der Waals surface area contributed by atoms with Gasteiger partial charge in [0, 0.05) is 25.2 Å². The highest BCUT2D eigenvalue weighted by Gasteiger charge is 2.18. The van der Waals surface area contributed by atoms with Gasteiger partial charge in [0.25, 0.3) is 11.8 Å². The second-order valence-corrected chi connectivity index (χ2v) is 6.94. The van der Waals surface area contributed by atoms with E-state index in [9.17, 15) is 9.59 Å². The fourth-order valence-corrected chi connectivity index (χ4v) is 3.37. The zero-order valence-corrected chi connectivity index (χ0v) is 16.0. The maximum absolute atomic E-state index is 12.7. The molecule has 1 aliphatic heterocycles. The van der Waals surface area contributed by atoms with E-state index in [1.165, 1.54) is 6.42 Å². The van der Waals surface area contributed by atoms with Crippen molar-refractivity contribution in [3.63, 3.8) is 0 Å². The Hall–Kier alpha value is -2.82. The zero-order chi connectivity index (χ0) is 19.2. The number of ether oxygens (including phenoxy) is 1. The average molecular weight is 366 g/mol. The number of likely N-dealkylation sites (tertiary alicyclic amines) is 1. The number of hydrogen-bond acceptors (Lipinski definition) is 3. The third-order valence-corrected chi connectivity index (χ3v) is 4.87. The SMILES string of the molecule is COc1ccc(C)cc1C(=O)NCc1cccc(C(=O)N2CCCCC2)c1. The summed E-state index contributed by atoms with van der Waals surface area (Å²) in [5, 5.41) is 2.92. The first-order chi connectivity index (χ1) is 13.1. The van der Waals surface area contributed by atoms with Crippen LogP contribution in [0.1, 0.15) is 51.1 Å². The fraction of sp³-hybridized carbons (Fsp3) is 0.364. The maximum Gasteiger partial charge on any atom is 0.255 e. The highest BCUT2D eigenvalue weighted by atomic mass is 16.5. The second kappa shape index (κ2) is 8.71. The molecule has 2 aromatic carbocycles. The first-order valence-corrected chi connectivity index (χ1v) is 9.39. The van der Waals surface area contributed by atoms with Gasteiger partial charge in [0.05, 0.1) is 12.7 Å². The third kappa shape index (κ3) is 4.67. The van der Waals surface area contributed by atoms with Crippen LogP contribution in [-0.2, 0) is 6.54 Å². The van der Waals surface area contributed by atoms with Crippen LogP contribution < -0.4 is 10.1 Å². The number of carbonyl (C=O) groups is 2. The summed E-state index contributed by atoms with van der Waals surface area (Å²) in [5.41, 5.74) is 3.09. The van der Waals surface area contributed by atoms with Crippen LogP contribution in [0.2, 0.25) is 0 Å². The minimum absolute atomic E-state index is 0.0724. The first-order valence-electron chi connectivity index (χ1n) is 9.39. The summed E-state index contributed by atoms with van der Waals surface area (Å²) in [7, 11) is 1.55. The average Bonchev–Trinajstić information content (AvgIpc) is 2.72. The molecule has 0 aromatic heterocycles. The smallest absolute Gasteiger partial charge is 0.255 e. The molecule has 3 rings (SSSR count). The quantitative estimate of drug-likeness (QED) is 0.880. The molecule has 0 bridgehead atoms. The predicted molar refractivity (Wildman–Crippen MR) is 105 cm³/mol. The second-order valence-electron chi connectivity index (χ2n) is 6.94. The molecule has 0 unspecified atom stereocenters. The van der Waals surface area contributed by atoms with Gasteiger partial charge in [0.15, 0.2) is 0 Å². The van der Waals surface area contributed by atoms with Crippen molar-refractivity contribution in [2.45, 2.75) is 32.7 Å². The summed E-state index contributed by atoms with van der Waals surface area (Å²) in [5.74, 6) is 0.429. The van der Waals surface area contributed by atoms with Crippen LogP contribution in [0.3, 0.4) is 0 Å². The minimum Gasteiger partial charge on any atom is -0.496 e. The zero-order valence-electron chi connectivity index (χ0n) is 16.0. The molecule has 1 fully saturated rings. The van der Waals surface area contributed by atoms with Crippen LogP contribution in [0.15, 0.2) is 42.5 Å². The van der Waals surface area contributed by atoms with Gasteiger partial charge in [-0.05, 0) is 56.0 Å². The van der Waals surface area contributed by atoms with Crippen molar-refractivity contribution in [2.24, 2.45) is 0 Å². The van der Waals surface area contributed by atoms with Gasteiger partial charge >= 0.3 is 0 Å². The maximum atomic E-state index is 12.7. The van der Waals surface area contributed by atoms with Crippen molar-refractivity contribution in [3.05, 3.63) is 64.7 Å². The van der Waals surface area contributed by atoms with Crippen molar-refractivity contribution in [1.29, 1.82) is 0 Å². The van der Waals surface area contributed by atoms with E-state index in [-0.39, 0.29) is 11.8 Å². The fourth-order valence-electron chi connectivity index (χ4n) is 3.37. The van der Waals surface area contributed by atoms with Crippen molar-refractivity contribution in [3.8, 4) is 5.75 Å². The Bertz CT molecular complexity index is 826. The standard InChI is InChI=1S/C22H26N2O3/c1-16-9-10-20(27-2)19(13-16)21(25)23-15-17-7-6-8-18(14-17)22(26)24-11-4-3-5-12-24/h6-10,13-14H,3-5,11-12,15H2,1-2H3,(H,23,25). The number of rotatable bonds is 5. The summed E-state index contributed by atoms with van der Waals surface area (Å²) in [6, 6.07) is 13.0. The number of aryl methyl sites for hydroxylation is 1. The Morgan fingerprint density at radius 2 is 1.85 bits per heavy atom. The molecule has 142 valence electrons. The largest absolute Gasteiger partial charge is 0.496 e. The number of benzene rings is 2. The number of nitrogens with one attached hydrogen (secondary N) is 1. The monoisotopic (exact) mass is 366 g/mol. The lowest BCUT2D eigenvalue weighted by atomic mass is 10.1. The van der Waals surface area contributed by atoms with E-state index in [4.69, 9.17) is 4.74 Å². The number of carbonyl (C=O) groups excluding carboxylic acids is 2. The normalized spacial score (nSPS) is 13.9. The highest BCUT2D eigenvalue weighted by Crippen LogP contribution is 2.20. The molecule has 5 heteroatoms. The van der Waals surface area contributed by atoms with Crippen LogP contribution in [0, 0.1) is 6.92 Å². The van der Waals surface area contributed by atoms with Crippen molar-refractivity contribution >= 4 is 11.8 Å². The minimum atomic E-state index is -0.191. The van der Waals surface area contributed by atoms with E-state index >= 15 is 0 Å². The molecule has 2 amide bonds. The molecule has 0 aliphatic carbocycles. The van der Waals surface area contributed by atoms with Gasteiger partial charge in [0.2, 0.25) is 0 Å². The lowest BCUT2D eigenvalue weighted by Crippen LogP contribution is -2.35. The summed E-state index contributed by atoms with van der Waals surface area (Å²) < 4.78 is 5.28. The highest BCUT2D eigenvalue weighted by molar-refractivity contribution is 5.97. The third-order valence-electron chi connectivity index (χ3n) is 4.87. The topological polar surface area (TPSA) is 58.6 Å². The van der Waals surface area contributed by atoms with Crippen LogP contribution in [0.4, 0.5) is 0 Å². The molecule has 1 N–H and O–H groups in total. The lowest BCUT2D eigenvalue weighted by molar-refractivity contribution is 0.0724. The first kappa shape index (κ1) is 19.0. The molecular formula is C22H26N2O3. The number of methoxy groups -OCH3 is 1. The number of amides is 2. The molecule has 1 aliphatic rings.